The average Bonchev–Trinajstić information content (AvgIpc) is 2.60. The number of aliphatic hydroxyl groups excluding tert-OH is 1. The van der Waals surface area contributed by atoms with E-state index in [1.54, 1.807) is 6.07 Å². The molecule has 2 atom stereocenters. The van der Waals surface area contributed by atoms with Gasteiger partial charge in [0.05, 0.1) is 12.0 Å². The Labute approximate surface area is 92.2 Å². The number of benzene rings is 1. The first-order chi connectivity index (χ1) is 7.61. The second kappa shape index (κ2) is 4.06. The van der Waals surface area contributed by atoms with Crippen LogP contribution in [0.25, 0.3) is 0 Å². The van der Waals surface area contributed by atoms with Gasteiger partial charge < -0.3 is 9.84 Å². The second-order valence-corrected chi connectivity index (χ2v) is 3.70. The molecule has 2 rings (SSSR count). The van der Waals surface area contributed by atoms with Gasteiger partial charge in [0.15, 0.2) is 0 Å². The molecule has 16 heavy (non-hydrogen) atoms. The molecule has 3 nitrogen and oxygen atoms in total. The van der Waals surface area contributed by atoms with E-state index in [2.05, 4.69) is 6.58 Å². The van der Waals surface area contributed by atoms with Gasteiger partial charge in [-0.1, -0.05) is 24.8 Å². The summed E-state index contributed by atoms with van der Waals surface area (Å²) in [5, 5.41) is 9.96. The summed E-state index contributed by atoms with van der Waals surface area (Å²) in [6.07, 6.45) is -1.10. The summed E-state index contributed by atoms with van der Waals surface area (Å²) in [6, 6.07) is 5.91. The first-order valence-corrected chi connectivity index (χ1v) is 4.89. The lowest BCUT2D eigenvalue weighted by Gasteiger charge is -2.16. The van der Waals surface area contributed by atoms with Crippen LogP contribution in [-0.2, 0) is 9.53 Å². The van der Waals surface area contributed by atoms with Crippen LogP contribution in [0.5, 0.6) is 0 Å². The van der Waals surface area contributed by atoms with Crippen molar-refractivity contribution >= 4 is 5.97 Å². The summed E-state index contributed by atoms with van der Waals surface area (Å²) in [5.74, 6) is -1.59. The van der Waals surface area contributed by atoms with Gasteiger partial charge in [-0.2, -0.15) is 0 Å². The van der Waals surface area contributed by atoms with Crippen LogP contribution in [0.4, 0.5) is 4.39 Å². The summed E-state index contributed by atoms with van der Waals surface area (Å²) in [6.45, 7) is 3.58. The number of rotatable bonds is 2. The highest BCUT2D eigenvalue weighted by molar-refractivity contribution is 5.90. The smallest absolute Gasteiger partial charge is 0.333 e. The Kier molecular flexibility index (Phi) is 2.75. The molecule has 2 unspecified atom stereocenters. The van der Waals surface area contributed by atoms with Crippen molar-refractivity contribution in [2.75, 3.05) is 6.61 Å². The third-order valence-electron chi connectivity index (χ3n) is 2.71. The number of hydrogen-bond donors (Lipinski definition) is 1. The number of hydrogen-bond acceptors (Lipinski definition) is 3. The van der Waals surface area contributed by atoms with Gasteiger partial charge in [-0.15, -0.1) is 0 Å². The SMILES string of the molecule is C=C1C(=O)OCC1C(O)c1ccccc1F. The Morgan fingerprint density at radius 2 is 2.19 bits per heavy atom. The van der Waals surface area contributed by atoms with Gasteiger partial charge >= 0.3 is 5.97 Å². The third-order valence-corrected chi connectivity index (χ3v) is 2.71. The van der Waals surface area contributed by atoms with E-state index in [1.165, 1.54) is 18.2 Å². The van der Waals surface area contributed by atoms with Crippen molar-refractivity contribution in [2.45, 2.75) is 6.10 Å². The van der Waals surface area contributed by atoms with Gasteiger partial charge in [0.25, 0.3) is 0 Å². The standard InChI is InChI=1S/C12H11FO3/c1-7-9(6-16-12(7)15)11(14)8-4-2-3-5-10(8)13/h2-5,9,11,14H,1,6H2. The van der Waals surface area contributed by atoms with Crippen LogP contribution in [0.15, 0.2) is 36.4 Å². The van der Waals surface area contributed by atoms with Crippen LogP contribution in [0, 0.1) is 11.7 Å². The normalized spacial score (nSPS) is 22.0. The minimum atomic E-state index is -1.10. The first kappa shape index (κ1) is 10.8. The van der Waals surface area contributed by atoms with E-state index in [4.69, 9.17) is 4.74 Å². The molecule has 0 amide bonds. The molecule has 0 aromatic heterocycles. The van der Waals surface area contributed by atoms with Gasteiger partial charge in [-0.25, -0.2) is 9.18 Å². The molecule has 1 fully saturated rings. The van der Waals surface area contributed by atoms with Crippen LogP contribution < -0.4 is 0 Å². The molecule has 1 aromatic rings. The highest BCUT2D eigenvalue weighted by atomic mass is 19.1. The molecule has 84 valence electrons. The molecule has 1 aromatic carbocycles. The summed E-state index contributed by atoms with van der Waals surface area (Å²) in [5.41, 5.74) is 0.350. The zero-order valence-corrected chi connectivity index (χ0v) is 8.52. The zero-order chi connectivity index (χ0) is 11.7. The maximum atomic E-state index is 13.4. The Bertz CT molecular complexity index is 442. The second-order valence-electron chi connectivity index (χ2n) is 3.70. The van der Waals surface area contributed by atoms with Gasteiger partial charge in [-0.05, 0) is 6.07 Å². The number of esters is 1. The van der Waals surface area contributed by atoms with Crippen LogP contribution in [0.2, 0.25) is 0 Å². The molecule has 1 saturated heterocycles. The van der Waals surface area contributed by atoms with Crippen molar-refractivity contribution in [1.82, 2.24) is 0 Å². The molecule has 0 saturated carbocycles. The van der Waals surface area contributed by atoms with E-state index in [9.17, 15) is 14.3 Å². The van der Waals surface area contributed by atoms with Gasteiger partial charge in [0.1, 0.15) is 12.4 Å². The molecule has 1 aliphatic heterocycles. The molecular formula is C12H11FO3. The largest absolute Gasteiger partial charge is 0.462 e. The number of ether oxygens (including phenoxy) is 1. The molecule has 1 aliphatic rings. The number of halogens is 1. The zero-order valence-electron chi connectivity index (χ0n) is 8.52. The highest BCUT2D eigenvalue weighted by Gasteiger charge is 2.35. The Morgan fingerprint density at radius 1 is 1.50 bits per heavy atom. The van der Waals surface area contributed by atoms with Crippen molar-refractivity contribution < 1.29 is 19.0 Å². The fourth-order valence-corrected chi connectivity index (χ4v) is 1.72. The van der Waals surface area contributed by atoms with E-state index < -0.39 is 23.8 Å². The summed E-state index contributed by atoms with van der Waals surface area (Å²) in [4.78, 5) is 11.1. The number of carbonyl (C=O) groups excluding carboxylic acids is 1. The van der Waals surface area contributed by atoms with E-state index in [-0.39, 0.29) is 17.7 Å². The van der Waals surface area contributed by atoms with Gasteiger partial charge in [0, 0.05) is 11.1 Å². The van der Waals surface area contributed by atoms with E-state index in [1.807, 2.05) is 0 Å². The molecule has 0 bridgehead atoms. The molecule has 4 heteroatoms. The Morgan fingerprint density at radius 3 is 2.75 bits per heavy atom. The molecular weight excluding hydrogens is 211 g/mol. The van der Waals surface area contributed by atoms with Crippen molar-refractivity contribution in [2.24, 2.45) is 5.92 Å². The molecule has 0 radical (unpaired) electrons. The molecule has 0 aliphatic carbocycles. The molecule has 1 heterocycles. The highest BCUT2D eigenvalue weighted by Crippen LogP contribution is 2.33. The van der Waals surface area contributed by atoms with E-state index >= 15 is 0 Å². The summed E-state index contributed by atoms with van der Waals surface area (Å²) in [7, 11) is 0. The predicted octanol–water partition coefficient (Wildman–Crippen LogP) is 1.59. The average molecular weight is 222 g/mol. The third kappa shape index (κ3) is 1.72. The Balaban J connectivity index is 2.26. The minimum absolute atomic E-state index is 0.0488. The van der Waals surface area contributed by atoms with Crippen molar-refractivity contribution in [3.8, 4) is 0 Å². The van der Waals surface area contributed by atoms with E-state index in [0.717, 1.165) is 0 Å². The number of cyclic esters (lactones) is 1. The van der Waals surface area contributed by atoms with Crippen LogP contribution >= 0.6 is 0 Å². The minimum Gasteiger partial charge on any atom is -0.462 e. The van der Waals surface area contributed by atoms with Crippen molar-refractivity contribution in [3.63, 3.8) is 0 Å². The fraction of sp³-hybridized carbons (Fsp3) is 0.250. The fourth-order valence-electron chi connectivity index (χ4n) is 1.72. The summed E-state index contributed by atoms with van der Waals surface area (Å²) < 4.78 is 18.1. The van der Waals surface area contributed by atoms with Gasteiger partial charge in [0.2, 0.25) is 0 Å². The number of carbonyl (C=O) groups is 1. The first-order valence-electron chi connectivity index (χ1n) is 4.89. The maximum Gasteiger partial charge on any atom is 0.333 e. The van der Waals surface area contributed by atoms with E-state index in [0.29, 0.717) is 0 Å². The Hall–Kier alpha value is -1.68. The summed E-state index contributed by atoms with van der Waals surface area (Å²) >= 11 is 0. The van der Waals surface area contributed by atoms with Crippen LogP contribution in [-0.4, -0.2) is 17.7 Å². The monoisotopic (exact) mass is 222 g/mol. The quantitative estimate of drug-likeness (QED) is 0.610. The lowest BCUT2D eigenvalue weighted by atomic mass is 9.92. The van der Waals surface area contributed by atoms with Crippen LogP contribution in [0.3, 0.4) is 0 Å². The van der Waals surface area contributed by atoms with Crippen molar-refractivity contribution in [1.29, 1.82) is 0 Å². The topological polar surface area (TPSA) is 46.5 Å². The lowest BCUT2D eigenvalue weighted by Crippen LogP contribution is -2.15. The lowest BCUT2D eigenvalue weighted by molar-refractivity contribution is -0.135. The molecule has 0 spiro atoms. The van der Waals surface area contributed by atoms with Crippen LogP contribution in [0.1, 0.15) is 11.7 Å². The molecule has 1 N–H and O–H groups in total. The maximum absolute atomic E-state index is 13.4. The van der Waals surface area contributed by atoms with Gasteiger partial charge in [-0.3, -0.25) is 0 Å². The number of aliphatic hydroxyl groups is 1. The van der Waals surface area contributed by atoms with Crippen molar-refractivity contribution in [3.05, 3.63) is 47.8 Å². The predicted molar refractivity (Wildman–Crippen MR) is 54.9 cm³/mol.